The predicted molar refractivity (Wildman–Crippen MR) is 74.4 cm³/mol. The summed E-state index contributed by atoms with van der Waals surface area (Å²) in [6.07, 6.45) is 3.02. The summed E-state index contributed by atoms with van der Waals surface area (Å²) in [5.74, 6) is 1.04. The van der Waals surface area contributed by atoms with Crippen LogP contribution in [-0.2, 0) is 16.4 Å². The lowest BCUT2D eigenvalue weighted by atomic mass is 10.2. The van der Waals surface area contributed by atoms with E-state index in [0.717, 1.165) is 24.5 Å². The van der Waals surface area contributed by atoms with Gasteiger partial charge in [0.25, 0.3) is 0 Å². The van der Waals surface area contributed by atoms with E-state index < -0.39 is 9.84 Å². The third-order valence-electron chi connectivity index (χ3n) is 2.48. The molecule has 0 aromatic carbocycles. The summed E-state index contributed by atoms with van der Waals surface area (Å²) in [4.78, 5) is 6.19. The molecule has 0 aliphatic heterocycles. The van der Waals surface area contributed by atoms with Gasteiger partial charge in [0.05, 0.1) is 5.75 Å². The van der Waals surface area contributed by atoms with Gasteiger partial charge in [0.15, 0.2) is 0 Å². The molecule has 0 radical (unpaired) electrons. The lowest BCUT2D eigenvalue weighted by molar-refractivity contribution is 0.346. The minimum atomic E-state index is -2.89. The summed E-state index contributed by atoms with van der Waals surface area (Å²) >= 11 is 0. The van der Waals surface area contributed by atoms with Crippen LogP contribution in [0.4, 0.5) is 5.82 Å². The highest BCUT2D eigenvalue weighted by molar-refractivity contribution is 7.90. The largest absolute Gasteiger partial charge is 0.370 e. The van der Waals surface area contributed by atoms with E-state index in [1.165, 1.54) is 6.26 Å². The topological polar surface area (TPSA) is 62.3 Å². The molecule has 1 aromatic rings. The maximum Gasteiger partial charge on any atom is 0.148 e. The lowest BCUT2D eigenvalue weighted by Gasteiger charge is -2.16. The van der Waals surface area contributed by atoms with Crippen LogP contribution in [0, 0.1) is 0 Å². The molecule has 0 atom stereocenters. The molecule has 0 unspecified atom stereocenters. The fourth-order valence-electron chi connectivity index (χ4n) is 1.56. The van der Waals surface area contributed by atoms with Crippen molar-refractivity contribution in [3.8, 4) is 0 Å². The van der Waals surface area contributed by atoms with Gasteiger partial charge in [0.1, 0.15) is 15.7 Å². The van der Waals surface area contributed by atoms with E-state index >= 15 is 0 Å². The number of hydrogen-bond acceptors (Lipinski definition) is 5. The maximum atomic E-state index is 11.1. The maximum absolute atomic E-state index is 11.1. The molecule has 18 heavy (non-hydrogen) atoms. The first-order valence-electron chi connectivity index (χ1n) is 5.96. The molecule has 1 heterocycles. The van der Waals surface area contributed by atoms with E-state index in [-0.39, 0.29) is 5.75 Å². The number of sulfone groups is 1. The van der Waals surface area contributed by atoms with Crippen LogP contribution in [0.1, 0.15) is 12.5 Å². The van der Waals surface area contributed by atoms with Crippen molar-refractivity contribution in [2.75, 3.05) is 37.5 Å². The van der Waals surface area contributed by atoms with E-state index in [2.05, 4.69) is 10.3 Å². The minimum Gasteiger partial charge on any atom is -0.370 e. The average molecular weight is 271 g/mol. The highest BCUT2D eigenvalue weighted by Crippen LogP contribution is 2.08. The zero-order valence-electron chi connectivity index (χ0n) is 11.2. The molecule has 0 fully saturated rings. The Morgan fingerprint density at radius 3 is 2.78 bits per heavy atom. The Bertz CT molecular complexity index is 474. The van der Waals surface area contributed by atoms with Gasteiger partial charge >= 0.3 is 0 Å². The van der Waals surface area contributed by atoms with Crippen LogP contribution in [0.25, 0.3) is 0 Å². The molecule has 0 saturated heterocycles. The van der Waals surface area contributed by atoms with Gasteiger partial charge in [-0.15, -0.1) is 0 Å². The van der Waals surface area contributed by atoms with Gasteiger partial charge in [-0.3, -0.25) is 0 Å². The SMILES string of the molecule is CCNc1cc(CN(C)CCS(C)(=O)=O)ccn1. The first-order chi connectivity index (χ1) is 8.40. The smallest absolute Gasteiger partial charge is 0.148 e. The number of aromatic nitrogens is 1. The number of anilines is 1. The second-order valence-electron chi connectivity index (χ2n) is 4.45. The number of nitrogens with zero attached hydrogens (tertiary/aromatic N) is 2. The Balaban J connectivity index is 2.53. The van der Waals surface area contributed by atoms with E-state index in [4.69, 9.17) is 0 Å². The molecule has 0 bridgehead atoms. The molecule has 102 valence electrons. The number of pyridine rings is 1. The van der Waals surface area contributed by atoms with Crippen LogP contribution >= 0.6 is 0 Å². The van der Waals surface area contributed by atoms with Gasteiger partial charge in [-0.1, -0.05) is 0 Å². The minimum absolute atomic E-state index is 0.189. The van der Waals surface area contributed by atoms with E-state index in [1.54, 1.807) is 6.20 Å². The van der Waals surface area contributed by atoms with Crippen molar-refractivity contribution in [3.05, 3.63) is 23.9 Å². The summed E-state index contributed by atoms with van der Waals surface area (Å²) < 4.78 is 22.2. The summed E-state index contributed by atoms with van der Waals surface area (Å²) in [6, 6.07) is 3.93. The molecular weight excluding hydrogens is 250 g/mol. The third kappa shape index (κ3) is 5.97. The quantitative estimate of drug-likeness (QED) is 0.801. The van der Waals surface area contributed by atoms with Gasteiger partial charge in [-0.2, -0.15) is 0 Å². The Labute approximate surface area is 109 Å². The normalized spacial score (nSPS) is 11.8. The van der Waals surface area contributed by atoms with E-state index in [9.17, 15) is 8.42 Å². The van der Waals surface area contributed by atoms with Crippen LogP contribution in [0.5, 0.6) is 0 Å². The molecule has 1 rings (SSSR count). The molecule has 0 saturated carbocycles. The van der Waals surface area contributed by atoms with Gasteiger partial charge in [-0.25, -0.2) is 13.4 Å². The Morgan fingerprint density at radius 2 is 2.17 bits per heavy atom. The van der Waals surface area contributed by atoms with E-state index in [1.807, 2.05) is 31.0 Å². The zero-order chi connectivity index (χ0) is 13.6. The van der Waals surface area contributed by atoms with Crippen molar-refractivity contribution < 1.29 is 8.42 Å². The van der Waals surface area contributed by atoms with Gasteiger partial charge in [0, 0.05) is 32.1 Å². The summed E-state index contributed by atoms with van der Waals surface area (Å²) in [7, 11) is -0.979. The standard InChI is InChI=1S/C12H21N3O2S/c1-4-13-12-9-11(5-6-14-12)10-15(2)7-8-18(3,16)17/h5-6,9H,4,7-8,10H2,1-3H3,(H,13,14). The van der Waals surface area contributed by atoms with E-state index in [0.29, 0.717) is 6.54 Å². The highest BCUT2D eigenvalue weighted by Gasteiger charge is 2.06. The Morgan fingerprint density at radius 1 is 1.44 bits per heavy atom. The van der Waals surface area contributed by atoms with Gasteiger partial charge in [-0.05, 0) is 31.7 Å². The van der Waals surface area contributed by atoms with Crippen molar-refractivity contribution in [3.63, 3.8) is 0 Å². The molecule has 5 nitrogen and oxygen atoms in total. The molecule has 1 aromatic heterocycles. The summed E-state index contributed by atoms with van der Waals surface area (Å²) in [6.45, 7) is 4.11. The summed E-state index contributed by atoms with van der Waals surface area (Å²) in [5, 5.41) is 3.15. The predicted octanol–water partition coefficient (Wildman–Crippen LogP) is 0.990. The zero-order valence-corrected chi connectivity index (χ0v) is 12.0. The first kappa shape index (κ1) is 14.9. The van der Waals surface area contributed by atoms with Gasteiger partial charge < -0.3 is 10.2 Å². The van der Waals surface area contributed by atoms with Crippen LogP contribution < -0.4 is 5.32 Å². The van der Waals surface area contributed by atoms with Crippen molar-refractivity contribution in [1.29, 1.82) is 0 Å². The van der Waals surface area contributed by atoms with Crippen molar-refractivity contribution in [1.82, 2.24) is 9.88 Å². The van der Waals surface area contributed by atoms with Crippen LogP contribution in [0.2, 0.25) is 0 Å². The Hall–Kier alpha value is -1.14. The molecule has 0 aliphatic carbocycles. The number of nitrogens with one attached hydrogen (secondary N) is 1. The van der Waals surface area contributed by atoms with Crippen molar-refractivity contribution in [2.24, 2.45) is 0 Å². The van der Waals surface area contributed by atoms with Crippen molar-refractivity contribution in [2.45, 2.75) is 13.5 Å². The molecule has 0 amide bonds. The lowest BCUT2D eigenvalue weighted by Crippen LogP contribution is -2.24. The second-order valence-corrected chi connectivity index (χ2v) is 6.71. The monoisotopic (exact) mass is 271 g/mol. The van der Waals surface area contributed by atoms with Crippen molar-refractivity contribution >= 4 is 15.7 Å². The number of rotatable bonds is 7. The second kappa shape index (κ2) is 6.70. The van der Waals surface area contributed by atoms with Crippen LogP contribution in [-0.4, -0.2) is 50.4 Å². The first-order valence-corrected chi connectivity index (χ1v) is 8.02. The summed E-state index contributed by atoms with van der Waals surface area (Å²) in [5.41, 5.74) is 1.12. The van der Waals surface area contributed by atoms with Gasteiger partial charge in [0.2, 0.25) is 0 Å². The Kier molecular flexibility index (Phi) is 5.55. The molecule has 1 N–H and O–H groups in total. The molecule has 0 spiro atoms. The van der Waals surface area contributed by atoms with Crippen LogP contribution in [0.3, 0.4) is 0 Å². The number of hydrogen-bond donors (Lipinski definition) is 1. The highest BCUT2D eigenvalue weighted by atomic mass is 32.2. The molecular formula is C12H21N3O2S. The fraction of sp³-hybridized carbons (Fsp3) is 0.583. The average Bonchev–Trinajstić information content (AvgIpc) is 2.26. The molecule has 0 aliphatic rings. The third-order valence-corrected chi connectivity index (χ3v) is 3.40. The molecule has 6 heteroatoms. The van der Waals surface area contributed by atoms with Crippen LogP contribution in [0.15, 0.2) is 18.3 Å². The fourth-order valence-corrected chi connectivity index (χ4v) is 2.21.